The number of furan rings is 1. The van der Waals surface area contributed by atoms with Gasteiger partial charge in [0.05, 0.1) is 23.1 Å². The molecular formula is C16H21NO2S. The zero-order valence-electron chi connectivity index (χ0n) is 12.0. The highest BCUT2D eigenvalue weighted by Crippen LogP contribution is 2.17. The van der Waals surface area contributed by atoms with Gasteiger partial charge in [0.15, 0.2) is 0 Å². The summed E-state index contributed by atoms with van der Waals surface area (Å²) in [6.07, 6.45) is 1.10. The molecule has 0 aliphatic rings. The van der Waals surface area contributed by atoms with E-state index in [1.54, 1.807) is 0 Å². The molecule has 4 heteroatoms. The molecule has 108 valence electrons. The van der Waals surface area contributed by atoms with Crippen LogP contribution in [0.3, 0.4) is 0 Å². The van der Waals surface area contributed by atoms with Gasteiger partial charge < -0.3 is 9.73 Å². The molecule has 1 heterocycles. The van der Waals surface area contributed by atoms with Crippen molar-refractivity contribution in [3.63, 3.8) is 0 Å². The van der Waals surface area contributed by atoms with Gasteiger partial charge in [-0.25, -0.2) is 0 Å². The van der Waals surface area contributed by atoms with Crippen molar-refractivity contribution in [1.29, 1.82) is 0 Å². The van der Waals surface area contributed by atoms with E-state index in [2.05, 4.69) is 12.2 Å². The van der Waals surface area contributed by atoms with E-state index in [4.69, 9.17) is 4.42 Å². The van der Waals surface area contributed by atoms with Gasteiger partial charge in [0.2, 0.25) is 0 Å². The van der Waals surface area contributed by atoms with E-state index in [0.29, 0.717) is 5.75 Å². The maximum Gasteiger partial charge on any atom is 0.118 e. The second kappa shape index (κ2) is 7.41. The second-order valence-corrected chi connectivity index (χ2v) is 6.22. The fraction of sp³-hybridized carbons (Fsp3) is 0.375. The number of rotatable bonds is 7. The Balaban J connectivity index is 1.97. The zero-order chi connectivity index (χ0) is 14.4. The number of benzene rings is 1. The van der Waals surface area contributed by atoms with E-state index in [-0.39, 0.29) is 0 Å². The van der Waals surface area contributed by atoms with Crippen LogP contribution >= 0.6 is 0 Å². The van der Waals surface area contributed by atoms with Gasteiger partial charge in [-0.1, -0.05) is 25.1 Å². The van der Waals surface area contributed by atoms with E-state index in [0.717, 1.165) is 41.5 Å². The van der Waals surface area contributed by atoms with Gasteiger partial charge in [0, 0.05) is 4.90 Å². The minimum absolute atomic E-state index is 0.429. The van der Waals surface area contributed by atoms with E-state index in [9.17, 15) is 4.21 Å². The molecule has 0 bridgehead atoms. The lowest BCUT2D eigenvalue weighted by Gasteiger charge is -2.04. The Morgan fingerprint density at radius 1 is 1.15 bits per heavy atom. The van der Waals surface area contributed by atoms with Crippen LogP contribution < -0.4 is 5.32 Å². The molecule has 1 atom stereocenters. The minimum Gasteiger partial charge on any atom is -0.464 e. The van der Waals surface area contributed by atoms with Crippen LogP contribution in [0.25, 0.3) is 0 Å². The van der Waals surface area contributed by atoms with Gasteiger partial charge in [0.25, 0.3) is 0 Å². The molecule has 20 heavy (non-hydrogen) atoms. The summed E-state index contributed by atoms with van der Waals surface area (Å²) >= 11 is 0. The van der Waals surface area contributed by atoms with E-state index < -0.39 is 10.8 Å². The Labute approximate surface area is 122 Å². The molecule has 0 saturated heterocycles. The molecule has 1 aromatic heterocycles. The molecule has 1 unspecified atom stereocenters. The maximum absolute atomic E-state index is 12.3. The first-order valence-corrected chi connectivity index (χ1v) is 8.25. The monoisotopic (exact) mass is 291 g/mol. The first-order chi connectivity index (χ1) is 9.70. The van der Waals surface area contributed by atoms with E-state index >= 15 is 0 Å². The highest BCUT2D eigenvalue weighted by Gasteiger charge is 2.10. The number of hydrogen-bond donors (Lipinski definition) is 1. The molecule has 2 aromatic rings. The van der Waals surface area contributed by atoms with Crippen LogP contribution in [0, 0.1) is 6.92 Å². The zero-order valence-corrected chi connectivity index (χ0v) is 12.8. The van der Waals surface area contributed by atoms with Crippen molar-refractivity contribution < 1.29 is 8.63 Å². The largest absolute Gasteiger partial charge is 0.464 e. The van der Waals surface area contributed by atoms with Crippen molar-refractivity contribution in [2.45, 2.75) is 37.5 Å². The predicted octanol–water partition coefficient (Wildman–Crippen LogP) is 3.40. The Morgan fingerprint density at radius 2 is 1.90 bits per heavy atom. The quantitative estimate of drug-likeness (QED) is 0.795. The third-order valence-electron chi connectivity index (χ3n) is 3.06. The van der Waals surface area contributed by atoms with Crippen LogP contribution in [0.1, 0.15) is 30.4 Å². The van der Waals surface area contributed by atoms with Crippen LogP contribution in [0.4, 0.5) is 0 Å². The summed E-state index contributed by atoms with van der Waals surface area (Å²) in [6.45, 7) is 5.82. The topological polar surface area (TPSA) is 42.2 Å². The second-order valence-electron chi connectivity index (χ2n) is 4.80. The van der Waals surface area contributed by atoms with Crippen molar-refractivity contribution in [3.8, 4) is 0 Å². The molecule has 0 aliphatic carbocycles. The molecule has 0 fully saturated rings. The molecule has 1 N–H and O–H groups in total. The molecule has 1 aromatic carbocycles. The molecular weight excluding hydrogens is 270 g/mol. The Hall–Kier alpha value is -1.39. The fourth-order valence-electron chi connectivity index (χ4n) is 2.00. The average molecular weight is 291 g/mol. The van der Waals surface area contributed by atoms with Crippen molar-refractivity contribution in [1.82, 2.24) is 5.32 Å². The van der Waals surface area contributed by atoms with Crippen LogP contribution in [-0.2, 0) is 23.1 Å². The third kappa shape index (κ3) is 4.05. The van der Waals surface area contributed by atoms with Crippen LogP contribution in [0.2, 0.25) is 0 Å². The fourth-order valence-corrected chi connectivity index (χ4v) is 3.23. The molecule has 0 aliphatic heterocycles. The third-order valence-corrected chi connectivity index (χ3v) is 4.55. The number of nitrogens with one attached hydrogen (secondary N) is 1. The molecule has 2 rings (SSSR count). The minimum atomic E-state index is -1.05. The van der Waals surface area contributed by atoms with Gasteiger partial charge in [-0.3, -0.25) is 4.21 Å². The molecule has 0 radical (unpaired) electrons. The van der Waals surface area contributed by atoms with Crippen LogP contribution in [0.15, 0.2) is 45.7 Å². The lowest BCUT2D eigenvalue weighted by atomic mass is 10.2. The summed E-state index contributed by atoms with van der Waals surface area (Å²) < 4.78 is 18.0. The van der Waals surface area contributed by atoms with Crippen LogP contribution in [-0.4, -0.2) is 10.8 Å². The van der Waals surface area contributed by atoms with Crippen LogP contribution in [0.5, 0.6) is 0 Å². The summed E-state index contributed by atoms with van der Waals surface area (Å²) in [7, 11) is -1.05. The smallest absolute Gasteiger partial charge is 0.118 e. The highest BCUT2D eigenvalue weighted by atomic mass is 32.2. The van der Waals surface area contributed by atoms with E-state index in [1.165, 1.54) is 0 Å². The lowest BCUT2D eigenvalue weighted by molar-refractivity contribution is 0.458. The number of aryl methyl sites for hydroxylation is 1. The Kier molecular flexibility index (Phi) is 5.56. The van der Waals surface area contributed by atoms with Gasteiger partial charge in [-0.15, -0.1) is 0 Å². The summed E-state index contributed by atoms with van der Waals surface area (Å²) in [5, 5.41) is 3.29. The molecule has 0 saturated carbocycles. The van der Waals surface area contributed by atoms with Crippen molar-refractivity contribution in [2.24, 2.45) is 0 Å². The predicted molar refractivity (Wildman–Crippen MR) is 82.0 cm³/mol. The highest BCUT2D eigenvalue weighted by molar-refractivity contribution is 7.84. The Morgan fingerprint density at radius 3 is 2.65 bits per heavy atom. The SMILES string of the molecule is CCCNCc1ccc(CS(=O)c2ccccc2C)o1. The summed E-state index contributed by atoms with van der Waals surface area (Å²) in [5.74, 6) is 2.11. The standard InChI is InChI=1S/C16H21NO2S/c1-3-10-17-11-14-8-9-15(19-14)12-20(18)16-7-5-4-6-13(16)2/h4-9,17H,3,10-12H2,1-2H3. The van der Waals surface area contributed by atoms with E-state index in [1.807, 2.05) is 43.3 Å². The summed E-state index contributed by atoms with van der Waals surface area (Å²) in [6, 6.07) is 11.6. The first kappa shape index (κ1) is 15.0. The van der Waals surface area contributed by atoms with Crippen molar-refractivity contribution in [2.75, 3.05) is 6.54 Å². The van der Waals surface area contributed by atoms with Crippen molar-refractivity contribution in [3.05, 3.63) is 53.5 Å². The molecule has 0 amide bonds. The molecule has 0 spiro atoms. The number of hydrogen-bond acceptors (Lipinski definition) is 3. The van der Waals surface area contributed by atoms with Gasteiger partial charge in [-0.05, 0) is 43.7 Å². The summed E-state index contributed by atoms with van der Waals surface area (Å²) in [4.78, 5) is 0.884. The van der Waals surface area contributed by atoms with Gasteiger partial charge in [0.1, 0.15) is 11.5 Å². The first-order valence-electron chi connectivity index (χ1n) is 6.93. The molecule has 3 nitrogen and oxygen atoms in total. The lowest BCUT2D eigenvalue weighted by Crippen LogP contribution is -2.13. The van der Waals surface area contributed by atoms with Gasteiger partial charge in [-0.2, -0.15) is 0 Å². The van der Waals surface area contributed by atoms with Crippen molar-refractivity contribution >= 4 is 10.8 Å². The van der Waals surface area contributed by atoms with Gasteiger partial charge >= 0.3 is 0 Å². The maximum atomic E-state index is 12.3. The average Bonchev–Trinajstić information content (AvgIpc) is 2.87. The summed E-state index contributed by atoms with van der Waals surface area (Å²) in [5.41, 5.74) is 1.06. The Bertz CT molecular complexity index is 577. The normalized spacial score (nSPS) is 12.5.